The molecule has 0 unspecified atom stereocenters. The highest BCUT2D eigenvalue weighted by Crippen LogP contribution is 2.06. The van der Waals surface area contributed by atoms with E-state index in [1.807, 2.05) is 13.1 Å². The largest absolute Gasteiger partial charge is 0.382 e. The second-order valence-electron chi connectivity index (χ2n) is 3.88. The van der Waals surface area contributed by atoms with Crippen LogP contribution in [0.25, 0.3) is 0 Å². The van der Waals surface area contributed by atoms with Crippen LogP contribution in [0.1, 0.15) is 17.7 Å². The standard InChI is InChI=1S/C11H16N6/c1-8-9(5-16-17-8)3-2-4-13-11-7-14-10(12)6-15-11/h5-7H,2-4H2,1H3,(H2,12,14)(H,13,15)(H,16,17). The Morgan fingerprint density at radius 3 is 2.82 bits per heavy atom. The summed E-state index contributed by atoms with van der Waals surface area (Å²) in [5, 5.41) is 10.1. The number of aromatic amines is 1. The number of aryl methyl sites for hydroxylation is 2. The maximum atomic E-state index is 5.45. The van der Waals surface area contributed by atoms with Crippen molar-refractivity contribution in [1.82, 2.24) is 20.2 Å². The first-order valence-corrected chi connectivity index (χ1v) is 5.56. The number of nitrogen functional groups attached to an aromatic ring is 1. The van der Waals surface area contributed by atoms with Crippen LogP contribution in [0.5, 0.6) is 0 Å². The van der Waals surface area contributed by atoms with Gasteiger partial charge in [0.2, 0.25) is 0 Å². The molecule has 0 bridgehead atoms. The lowest BCUT2D eigenvalue weighted by Gasteiger charge is -2.04. The summed E-state index contributed by atoms with van der Waals surface area (Å²) in [5.41, 5.74) is 7.85. The molecule has 0 aliphatic carbocycles. The van der Waals surface area contributed by atoms with Gasteiger partial charge in [0.15, 0.2) is 0 Å². The second-order valence-corrected chi connectivity index (χ2v) is 3.88. The molecule has 0 saturated carbocycles. The summed E-state index contributed by atoms with van der Waals surface area (Å²) >= 11 is 0. The molecule has 2 aromatic heterocycles. The van der Waals surface area contributed by atoms with Crippen LogP contribution in [-0.2, 0) is 6.42 Å². The number of hydrogen-bond acceptors (Lipinski definition) is 5. The molecule has 2 heterocycles. The molecule has 0 aromatic carbocycles. The molecular weight excluding hydrogens is 216 g/mol. The number of nitrogens with zero attached hydrogens (tertiary/aromatic N) is 3. The minimum Gasteiger partial charge on any atom is -0.382 e. The maximum Gasteiger partial charge on any atom is 0.144 e. The number of anilines is 2. The van der Waals surface area contributed by atoms with Gasteiger partial charge in [-0.25, -0.2) is 9.97 Å². The average Bonchev–Trinajstić information content (AvgIpc) is 2.73. The smallest absolute Gasteiger partial charge is 0.144 e. The van der Waals surface area contributed by atoms with Gasteiger partial charge in [-0.15, -0.1) is 0 Å². The number of H-pyrrole nitrogens is 1. The summed E-state index contributed by atoms with van der Waals surface area (Å²) in [4.78, 5) is 8.07. The molecule has 6 nitrogen and oxygen atoms in total. The zero-order valence-electron chi connectivity index (χ0n) is 9.77. The topological polar surface area (TPSA) is 92.5 Å². The predicted molar refractivity (Wildman–Crippen MR) is 66.6 cm³/mol. The van der Waals surface area contributed by atoms with Crippen LogP contribution in [0.2, 0.25) is 0 Å². The molecule has 2 rings (SSSR count). The number of nitrogens with two attached hydrogens (primary N) is 1. The minimum atomic E-state index is 0.435. The van der Waals surface area contributed by atoms with Crippen molar-refractivity contribution in [3.63, 3.8) is 0 Å². The van der Waals surface area contributed by atoms with E-state index in [0.29, 0.717) is 5.82 Å². The van der Waals surface area contributed by atoms with Gasteiger partial charge in [0.25, 0.3) is 0 Å². The van der Waals surface area contributed by atoms with E-state index in [1.54, 1.807) is 12.4 Å². The third-order valence-corrected chi connectivity index (χ3v) is 2.54. The zero-order valence-corrected chi connectivity index (χ0v) is 9.77. The summed E-state index contributed by atoms with van der Waals surface area (Å²) in [7, 11) is 0. The number of hydrogen-bond donors (Lipinski definition) is 3. The zero-order chi connectivity index (χ0) is 12.1. The van der Waals surface area contributed by atoms with Crippen molar-refractivity contribution in [3.05, 3.63) is 29.8 Å². The van der Waals surface area contributed by atoms with Gasteiger partial charge >= 0.3 is 0 Å². The van der Waals surface area contributed by atoms with Crippen molar-refractivity contribution in [2.75, 3.05) is 17.6 Å². The number of rotatable bonds is 5. The van der Waals surface area contributed by atoms with Gasteiger partial charge in [-0.05, 0) is 25.3 Å². The number of nitrogens with one attached hydrogen (secondary N) is 2. The van der Waals surface area contributed by atoms with Crippen molar-refractivity contribution in [2.24, 2.45) is 0 Å². The van der Waals surface area contributed by atoms with Crippen LogP contribution in [0, 0.1) is 6.92 Å². The molecule has 0 fully saturated rings. The second kappa shape index (κ2) is 5.29. The molecule has 4 N–H and O–H groups in total. The Balaban J connectivity index is 1.73. The fourth-order valence-electron chi connectivity index (χ4n) is 1.55. The van der Waals surface area contributed by atoms with E-state index < -0.39 is 0 Å². The van der Waals surface area contributed by atoms with Crippen LogP contribution >= 0.6 is 0 Å². The maximum absolute atomic E-state index is 5.45. The Hall–Kier alpha value is -2.11. The van der Waals surface area contributed by atoms with E-state index in [-0.39, 0.29) is 0 Å². The Morgan fingerprint density at radius 2 is 2.18 bits per heavy atom. The summed E-state index contributed by atoms with van der Waals surface area (Å²) in [6.45, 7) is 2.88. The van der Waals surface area contributed by atoms with Crippen molar-refractivity contribution in [3.8, 4) is 0 Å². The fourth-order valence-corrected chi connectivity index (χ4v) is 1.55. The van der Waals surface area contributed by atoms with Crippen LogP contribution in [0.4, 0.5) is 11.6 Å². The summed E-state index contributed by atoms with van der Waals surface area (Å²) in [6.07, 6.45) is 7.07. The predicted octanol–water partition coefficient (Wildman–Crippen LogP) is 1.14. The van der Waals surface area contributed by atoms with Gasteiger partial charge in [0.1, 0.15) is 11.6 Å². The highest BCUT2D eigenvalue weighted by atomic mass is 15.1. The molecule has 0 amide bonds. The molecule has 6 heteroatoms. The lowest BCUT2D eigenvalue weighted by Crippen LogP contribution is -2.05. The van der Waals surface area contributed by atoms with E-state index >= 15 is 0 Å². The van der Waals surface area contributed by atoms with E-state index in [9.17, 15) is 0 Å². The SMILES string of the molecule is Cc1[nH]ncc1CCCNc1cnc(N)cn1. The Morgan fingerprint density at radius 1 is 1.29 bits per heavy atom. The third-order valence-electron chi connectivity index (χ3n) is 2.54. The Labute approximate surface area is 99.7 Å². The first-order valence-electron chi connectivity index (χ1n) is 5.56. The molecule has 90 valence electrons. The molecule has 0 saturated heterocycles. The van der Waals surface area contributed by atoms with Crippen molar-refractivity contribution < 1.29 is 0 Å². The van der Waals surface area contributed by atoms with Crippen LogP contribution < -0.4 is 11.1 Å². The van der Waals surface area contributed by atoms with Gasteiger partial charge in [0.05, 0.1) is 18.6 Å². The Bertz CT molecular complexity index is 461. The quantitative estimate of drug-likeness (QED) is 0.672. The van der Waals surface area contributed by atoms with Gasteiger partial charge in [-0.3, -0.25) is 5.10 Å². The summed E-state index contributed by atoms with van der Waals surface area (Å²) in [5.74, 6) is 1.19. The fraction of sp³-hybridized carbons (Fsp3) is 0.364. The van der Waals surface area contributed by atoms with Gasteiger partial charge in [-0.1, -0.05) is 0 Å². The molecule has 0 radical (unpaired) electrons. The van der Waals surface area contributed by atoms with Gasteiger partial charge in [-0.2, -0.15) is 5.10 Å². The molecule has 17 heavy (non-hydrogen) atoms. The third kappa shape index (κ3) is 3.17. The lowest BCUT2D eigenvalue weighted by molar-refractivity contribution is 0.852. The highest BCUT2D eigenvalue weighted by Gasteiger charge is 2.00. The molecule has 0 atom stereocenters. The summed E-state index contributed by atoms with van der Waals surface area (Å²) < 4.78 is 0. The molecule has 0 spiro atoms. The number of aromatic nitrogens is 4. The normalized spacial score (nSPS) is 10.4. The minimum absolute atomic E-state index is 0.435. The van der Waals surface area contributed by atoms with Crippen LogP contribution in [0.3, 0.4) is 0 Å². The van der Waals surface area contributed by atoms with Crippen molar-refractivity contribution in [2.45, 2.75) is 19.8 Å². The van der Waals surface area contributed by atoms with Crippen LogP contribution in [0.15, 0.2) is 18.6 Å². The average molecular weight is 232 g/mol. The van der Waals surface area contributed by atoms with Crippen molar-refractivity contribution >= 4 is 11.6 Å². The van der Waals surface area contributed by atoms with E-state index in [4.69, 9.17) is 5.73 Å². The molecule has 0 aliphatic rings. The lowest BCUT2D eigenvalue weighted by atomic mass is 10.1. The molecular formula is C11H16N6. The van der Waals surface area contributed by atoms with Gasteiger partial charge < -0.3 is 11.1 Å². The van der Waals surface area contributed by atoms with E-state index in [0.717, 1.165) is 30.9 Å². The molecule has 2 aromatic rings. The van der Waals surface area contributed by atoms with E-state index in [1.165, 1.54) is 5.56 Å². The Kier molecular flexibility index (Phi) is 3.54. The van der Waals surface area contributed by atoms with Crippen molar-refractivity contribution in [1.29, 1.82) is 0 Å². The first-order chi connectivity index (χ1) is 8.25. The van der Waals surface area contributed by atoms with E-state index in [2.05, 4.69) is 25.5 Å². The monoisotopic (exact) mass is 232 g/mol. The van der Waals surface area contributed by atoms with Crippen LogP contribution in [-0.4, -0.2) is 26.7 Å². The highest BCUT2D eigenvalue weighted by molar-refractivity contribution is 5.35. The molecule has 0 aliphatic heterocycles. The van der Waals surface area contributed by atoms with Gasteiger partial charge in [0, 0.05) is 12.2 Å². The first kappa shape index (κ1) is 11.4. The summed E-state index contributed by atoms with van der Waals surface area (Å²) in [6, 6.07) is 0.